The molecular formula is C22H28N2O4. The summed E-state index contributed by atoms with van der Waals surface area (Å²) in [7, 11) is 3.24. The second-order valence-electron chi connectivity index (χ2n) is 6.25. The summed E-state index contributed by atoms with van der Waals surface area (Å²) in [5.41, 5.74) is 5.70. The lowest BCUT2D eigenvalue weighted by atomic mass is 10.0. The van der Waals surface area contributed by atoms with E-state index in [9.17, 15) is 4.79 Å². The van der Waals surface area contributed by atoms with Gasteiger partial charge in [0.1, 0.15) is 5.75 Å². The van der Waals surface area contributed by atoms with Gasteiger partial charge in [0.15, 0.2) is 11.5 Å². The Hall–Kier alpha value is -3.02. The highest BCUT2D eigenvalue weighted by atomic mass is 16.5. The second kappa shape index (κ2) is 11.0. The molecule has 0 atom stereocenters. The number of hydrazone groups is 1. The highest BCUT2D eigenvalue weighted by Crippen LogP contribution is 2.29. The number of nitrogens with one attached hydrogen (secondary N) is 1. The van der Waals surface area contributed by atoms with Gasteiger partial charge in [-0.2, -0.15) is 5.10 Å². The van der Waals surface area contributed by atoms with Crippen molar-refractivity contribution in [2.45, 2.75) is 33.1 Å². The number of carbonyl (C=O) groups excluding carboxylic acids is 1. The highest BCUT2D eigenvalue weighted by molar-refractivity contribution is 5.86. The van der Waals surface area contributed by atoms with Crippen LogP contribution in [0.3, 0.4) is 0 Å². The first-order valence-electron chi connectivity index (χ1n) is 9.34. The lowest BCUT2D eigenvalue weighted by molar-refractivity contribution is -0.121. The van der Waals surface area contributed by atoms with Gasteiger partial charge in [0.25, 0.3) is 0 Å². The number of carbonyl (C=O) groups is 1. The predicted molar refractivity (Wildman–Crippen MR) is 111 cm³/mol. The zero-order valence-electron chi connectivity index (χ0n) is 17.0. The number of ether oxygens (including phenoxy) is 3. The van der Waals surface area contributed by atoms with E-state index in [2.05, 4.69) is 10.5 Å². The molecular weight excluding hydrogens is 356 g/mol. The minimum atomic E-state index is -0.122. The van der Waals surface area contributed by atoms with E-state index in [4.69, 9.17) is 14.2 Å². The van der Waals surface area contributed by atoms with Gasteiger partial charge in [0.2, 0.25) is 5.91 Å². The number of rotatable bonds is 10. The molecule has 0 aromatic heterocycles. The molecule has 1 amide bonds. The van der Waals surface area contributed by atoms with Gasteiger partial charge in [-0.25, -0.2) is 5.43 Å². The number of benzene rings is 2. The summed E-state index contributed by atoms with van der Waals surface area (Å²) in [6.07, 6.45) is 3.55. The number of hydrogen-bond acceptors (Lipinski definition) is 5. The van der Waals surface area contributed by atoms with Crippen molar-refractivity contribution in [1.29, 1.82) is 0 Å². The van der Waals surface area contributed by atoms with Gasteiger partial charge in [-0.05, 0) is 62.1 Å². The normalized spacial score (nSPS) is 10.7. The van der Waals surface area contributed by atoms with Crippen molar-refractivity contribution in [3.8, 4) is 17.2 Å². The lowest BCUT2D eigenvalue weighted by Crippen LogP contribution is -2.17. The minimum Gasteiger partial charge on any atom is -0.497 e. The molecule has 0 bridgehead atoms. The van der Waals surface area contributed by atoms with Crippen LogP contribution >= 0.6 is 0 Å². The van der Waals surface area contributed by atoms with E-state index < -0.39 is 0 Å². The maximum absolute atomic E-state index is 12.0. The molecule has 0 saturated carbocycles. The molecule has 150 valence electrons. The van der Waals surface area contributed by atoms with Crippen LogP contribution in [0.4, 0.5) is 0 Å². The van der Waals surface area contributed by atoms with E-state index in [0.29, 0.717) is 24.5 Å². The maximum atomic E-state index is 12.0. The standard InChI is InChI=1S/C22H28N2O4/c1-5-28-22-18(9-6-10-20(22)27-4)15-23-24-21(25)11-7-8-17-12-13-19(26-3)14-16(17)2/h6,9-10,12-15H,5,7-8,11H2,1-4H3,(H,24,25)/b23-15-. The largest absolute Gasteiger partial charge is 0.497 e. The van der Waals surface area contributed by atoms with Crippen LogP contribution in [0.25, 0.3) is 0 Å². The van der Waals surface area contributed by atoms with Gasteiger partial charge in [-0.3, -0.25) is 4.79 Å². The third-order valence-electron chi connectivity index (χ3n) is 4.31. The van der Waals surface area contributed by atoms with Crippen molar-refractivity contribution in [2.24, 2.45) is 5.10 Å². The molecule has 6 nitrogen and oxygen atoms in total. The van der Waals surface area contributed by atoms with E-state index in [1.54, 1.807) is 20.4 Å². The van der Waals surface area contributed by atoms with Crippen LogP contribution in [0.5, 0.6) is 17.2 Å². The number of aryl methyl sites for hydroxylation is 2. The van der Waals surface area contributed by atoms with Gasteiger partial charge >= 0.3 is 0 Å². The van der Waals surface area contributed by atoms with Crippen LogP contribution in [0.15, 0.2) is 41.5 Å². The molecule has 0 saturated heterocycles. The summed E-state index contributed by atoms with van der Waals surface area (Å²) in [6.45, 7) is 4.46. The Morgan fingerprint density at radius 3 is 2.68 bits per heavy atom. The molecule has 2 aromatic rings. The third-order valence-corrected chi connectivity index (χ3v) is 4.31. The molecule has 2 aromatic carbocycles. The topological polar surface area (TPSA) is 69.2 Å². The van der Waals surface area contributed by atoms with Gasteiger partial charge in [-0.1, -0.05) is 12.1 Å². The van der Waals surface area contributed by atoms with Crippen molar-refractivity contribution < 1.29 is 19.0 Å². The van der Waals surface area contributed by atoms with Gasteiger partial charge in [-0.15, -0.1) is 0 Å². The monoisotopic (exact) mass is 384 g/mol. The van der Waals surface area contributed by atoms with Crippen LogP contribution in [0.2, 0.25) is 0 Å². The molecule has 0 fully saturated rings. The molecule has 6 heteroatoms. The molecule has 2 rings (SSSR count). The smallest absolute Gasteiger partial charge is 0.240 e. The zero-order valence-corrected chi connectivity index (χ0v) is 17.0. The summed E-state index contributed by atoms with van der Waals surface area (Å²) < 4.78 is 16.1. The molecule has 0 unspecified atom stereocenters. The van der Waals surface area contributed by atoms with Gasteiger partial charge in [0, 0.05) is 12.0 Å². The number of nitrogens with zero attached hydrogens (tertiary/aromatic N) is 1. The van der Waals surface area contributed by atoms with Gasteiger partial charge < -0.3 is 14.2 Å². The fourth-order valence-corrected chi connectivity index (χ4v) is 2.84. The van der Waals surface area contributed by atoms with Gasteiger partial charge in [0.05, 0.1) is 27.0 Å². The Balaban J connectivity index is 1.86. The molecule has 0 radical (unpaired) electrons. The van der Waals surface area contributed by atoms with Crippen LogP contribution in [0, 0.1) is 6.92 Å². The van der Waals surface area contributed by atoms with E-state index in [1.165, 1.54) is 11.1 Å². The van der Waals surface area contributed by atoms with E-state index in [0.717, 1.165) is 24.2 Å². The van der Waals surface area contributed by atoms with E-state index in [-0.39, 0.29) is 5.91 Å². The van der Waals surface area contributed by atoms with Crippen LogP contribution in [0.1, 0.15) is 36.5 Å². The Morgan fingerprint density at radius 1 is 1.18 bits per heavy atom. The molecule has 0 aliphatic carbocycles. The van der Waals surface area contributed by atoms with E-state index >= 15 is 0 Å². The Morgan fingerprint density at radius 2 is 2.00 bits per heavy atom. The Kier molecular flexibility index (Phi) is 8.34. The molecule has 1 N–H and O–H groups in total. The van der Waals surface area contributed by atoms with Crippen LogP contribution in [-0.2, 0) is 11.2 Å². The molecule has 28 heavy (non-hydrogen) atoms. The van der Waals surface area contributed by atoms with Crippen LogP contribution in [-0.4, -0.2) is 32.9 Å². The number of amides is 1. The first-order chi connectivity index (χ1) is 13.6. The number of hydrogen-bond donors (Lipinski definition) is 1. The van der Waals surface area contributed by atoms with Crippen molar-refractivity contribution in [1.82, 2.24) is 5.43 Å². The SMILES string of the molecule is CCOc1c(/C=N\NC(=O)CCCc2ccc(OC)cc2C)cccc1OC. The molecule has 0 heterocycles. The fourth-order valence-electron chi connectivity index (χ4n) is 2.84. The maximum Gasteiger partial charge on any atom is 0.240 e. The predicted octanol–water partition coefficient (Wildman–Crippen LogP) is 3.88. The number of methoxy groups -OCH3 is 2. The zero-order chi connectivity index (χ0) is 20.4. The molecule has 0 spiro atoms. The summed E-state index contributed by atoms with van der Waals surface area (Å²) in [4.78, 5) is 12.0. The quantitative estimate of drug-likeness (QED) is 0.498. The average molecular weight is 384 g/mol. The average Bonchev–Trinajstić information content (AvgIpc) is 2.70. The summed E-state index contributed by atoms with van der Waals surface area (Å²) in [5.74, 6) is 1.97. The highest BCUT2D eigenvalue weighted by Gasteiger charge is 2.09. The van der Waals surface area contributed by atoms with Crippen molar-refractivity contribution in [2.75, 3.05) is 20.8 Å². The third kappa shape index (κ3) is 6.01. The first kappa shape index (κ1) is 21.3. The van der Waals surface area contributed by atoms with Crippen molar-refractivity contribution >= 4 is 12.1 Å². The summed E-state index contributed by atoms with van der Waals surface area (Å²) in [5, 5.41) is 4.05. The molecule has 0 aliphatic rings. The van der Waals surface area contributed by atoms with E-state index in [1.807, 2.05) is 50.2 Å². The second-order valence-corrected chi connectivity index (χ2v) is 6.25. The first-order valence-corrected chi connectivity index (χ1v) is 9.34. The molecule has 0 aliphatic heterocycles. The Labute approximate surface area is 166 Å². The van der Waals surface area contributed by atoms with Crippen LogP contribution < -0.4 is 19.6 Å². The fraction of sp³-hybridized carbons (Fsp3) is 0.364. The lowest BCUT2D eigenvalue weighted by Gasteiger charge is -2.11. The summed E-state index contributed by atoms with van der Waals surface area (Å²) >= 11 is 0. The Bertz CT molecular complexity index is 818. The minimum absolute atomic E-state index is 0.122. The number of para-hydroxylation sites is 1. The van der Waals surface area contributed by atoms with Crippen molar-refractivity contribution in [3.63, 3.8) is 0 Å². The van der Waals surface area contributed by atoms with Crippen molar-refractivity contribution in [3.05, 3.63) is 53.1 Å². The summed E-state index contributed by atoms with van der Waals surface area (Å²) in [6, 6.07) is 11.5.